The zero-order chi connectivity index (χ0) is 15.7. The van der Waals surface area contributed by atoms with Crippen LogP contribution in [-0.2, 0) is 0 Å². The van der Waals surface area contributed by atoms with Crippen LogP contribution in [0.4, 0.5) is 16.2 Å². The lowest BCUT2D eigenvalue weighted by atomic mass is 10.1. The molecule has 0 bridgehead atoms. The fraction of sp³-hybridized carbons (Fsp3) is 0.278. The van der Waals surface area contributed by atoms with Crippen LogP contribution in [0.25, 0.3) is 0 Å². The molecule has 114 valence electrons. The molecule has 0 fully saturated rings. The maximum absolute atomic E-state index is 12.7. The molecule has 1 unspecified atom stereocenters. The molecular formula is C18H20N2O2. The van der Waals surface area contributed by atoms with E-state index in [1.165, 1.54) is 0 Å². The van der Waals surface area contributed by atoms with Crippen molar-refractivity contribution in [3.8, 4) is 5.75 Å². The molecule has 0 aromatic heterocycles. The van der Waals surface area contributed by atoms with Crippen LogP contribution in [0.3, 0.4) is 0 Å². The van der Waals surface area contributed by atoms with Crippen LogP contribution in [0.15, 0.2) is 42.5 Å². The van der Waals surface area contributed by atoms with Gasteiger partial charge in [0.1, 0.15) is 11.9 Å². The van der Waals surface area contributed by atoms with Crippen LogP contribution in [0.5, 0.6) is 5.75 Å². The quantitative estimate of drug-likeness (QED) is 0.860. The van der Waals surface area contributed by atoms with Gasteiger partial charge in [0.15, 0.2) is 0 Å². The Morgan fingerprint density at radius 1 is 1.18 bits per heavy atom. The van der Waals surface area contributed by atoms with Gasteiger partial charge in [-0.3, -0.25) is 4.90 Å². The summed E-state index contributed by atoms with van der Waals surface area (Å²) in [4.78, 5) is 14.4. The summed E-state index contributed by atoms with van der Waals surface area (Å²) in [6.07, 6.45) is -0.0292. The molecule has 1 heterocycles. The minimum absolute atomic E-state index is 0.0292. The molecule has 0 radical (unpaired) electrons. The van der Waals surface area contributed by atoms with Crippen LogP contribution in [0.2, 0.25) is 0 Å². The van der Waals surface area contributed by atoms with E-state index in [1.807, 2.05) is 63.2 Å². The standard InChI is InChI=1S/C18H20N2O2/c1-12-5-4-6-15(9-12)19-18(21)20-11-14(3)22-17-8-7-13(2)10-16(17)20/h4-10,14H,11H2,1-3H3,(H,19,21). The maximum Gasteiger partial charge on any atom is 0.326 e. The zero-order valence-corrected chi connectivity index (χ0v) is 13.1. The average Bonchev–Trinajstić information content (AvgIpc) is 2.47. The Morgan fingerprint density at radius 2 is 1.95 bits per heavy atom. The minimum Gasteiger partial charge on any atom is -0.487 e. The van der Waals surface area contributed by atoms with Crippen molar-refractivity contribution in [2.45, 2.75) is 26.9 Å². The summed E-state index contributed by atoms with van der Waals surface area (Å²) in [6, 6.07) is 13.6. The molecule has 0 saturated carbocycles. The van der Waals surface area contributed by atoms with E-state index >= 15 is 0 Å². The number of hydrogen-bond donors (Lipinski definition) is 1. The highest BCUT2D eigenvalue weighted by Crippen LogP contribution is 2.34. The van der Waals surface area contributed by atoms with Crippen LogP contribution in [0.1, 0.15) is 18.1 Å². The van der Waals surface area contributed by atoms with Crippen molar-refractivity contribution in [3.63, 3.8) is 0 Å². The molecule has 0 aliphatic carbocycles. The van der Waals surface area contributed by atoms with Crippen molar-refractivity contribution in [1.29, 1.82) is 0 Å². The molecule has 4 nitrogen and oxygen atoms in total. The number of carbonyl (C=O) groups is 1. The van der Waals surface area contributed by atoms with Crippen molar-refractivity contribution in [2.75, 3.05) is 16.8 Å². The average molecular weight is 296 g/mol. The van der Waals surface area contributed by atoms with Crippen LogP contribution in [-0.4, -0.2) is 18.7 Å². The lowest BCUT2D eigenvalue weighted by Gasteiger charge is -2.33. The topological polar surface area (TPSA) is 41.6 Å². The summed E-state index contributed by atoms with van der Waals surface area (Å²) in [6.45, 7) is 6.52. The van der Waals surface area contributed by atoms with Gasteiger partial charge in [-0.15, -0.1) is 0 Å². The molecule has 1 aliphatic heterocycles. The zero-order valence-electron chi connectivity index (χ0n) is 13.1. The highest BCUT2D eigenvalue weighted by molar-refractivity contribution is 6.03. The van der Waals surface area contributed by atoms with E-state index in [9.17, 15) is 4.79 Å². The number of aryl methyl sites for hydroxylation is 2. The second kappa shape index (κ2) is 5.72. The Kier molecular flexibility index (Phi) is 3.75. The second-order valence-electron chi connectivity index (χ2n) is 5.81. The number of rotatable bonds is 1. The summed E-state index contributed by atoms with van der Waals surface area (Å²) in [5.41, 5.74) is 3.84. The van der Waals surface area contributed by atoms with Crippen molar-refractivity contribution >= 4 is 17.4 Å². The largest absolute Gasteiger partial charge is 0.487 e. The number of carbonyl (C=O) groups excluding carboxylic acids is 1. The monoisotopic (exact) mass is 296 g/mol. The third-order valence-electron chi connectivity index (χ3n) is 3.69. The van der Waals surface area contributed by atoms with Crippen LogP contribution >= 0.6 is 0 Å². The number of nitrogens with one attached hydrogen (secondary N) is 1. The minimum atomic E-state index is -0.132. The van der Waals surface area contributed by atoms with Gasteiger partial charge in [0, 0.05) is 5.69 Å². The molecule has 22 heavy (non-hydrogen) atoms. The van der Waals surface area contributed by atoms with E-state index in [2.05, 4.69) is 5.32 Å². The van der Waals surface area contributed by atoms with Gasteiger partial charge in [0.2, 0.25) is 0 Å². The van der Waals surface area contributed by atoms with Gasteiger partial charge < -0.3 is 10.1 Å². The Balaban J connectivity index is 1.88. The molecule has 1 atom stereocenters. The molecule has 0 saturated heterocycles. The molecular weight excluding hydrogens is 276 g/mol. The lowest BCUT2D eigenvalue weighted by Crippen LogP contribution is -2.44. The van der Waals surface area contributed by atoms with Crippen molar-refractivity contribution in [1.82, 2.24) is 0 Å². The van der Waals surface area contributed by atoms with Crippen molar-refractivity contribution in [2.24, 2.45) is 0 Å². The number of hydrogen-bond acceptors (Lipinski definition) is 2. The van der Waals surface area contributed by atoms with E-state index in [1.54, 1.807) is 4.90 Å². The molecule has 2 aromatic carbocycles. The van der Waals surface area contributed by atoms with E-state index in [0.717, 1.165) is 28.3 Å². The summed E-state index contributed by atoms with van der Waals surface area (Å²) in [5, 5.41) is 2.96. The Hall–Kier alpha value is -2.49. The molecule has 3 rings (SSSR count). The van der Waals surface area contributed by atoms with Gasteiger partial charge in [-0.05, 0) is 56.2 Å². The summed E-state index contributed by atoms with van der Waals surface area (Å²) in [7, 11) is 0. The first-order valence-corrected chi connectivity index (χ1v) is 7.45. The first-order chi connectivity index (χ1) is 10.5. The van der Waals surface area contributed by atoms with Gasteiger partial charge >= 0.3 is 6.03 Å². The maximum atomic E-state index is 12.7. The van der Waals surface area contributed by atoms with Gasteiger partial charge in [0.05, 0.1) is 12.2 Å². The van der Waals surface area contributed by atoms with Crippen molar-refractivity contribution < 1.29 is 9.53 Å². The lowest BCUT2D eigenvalue weighted by molar-refractivity contribution is 0.208. The molecule has 1 N–H and O–H groups in total. The molecule has 2 amide bonds. The second-order valence-corrected chi connectivity index (χ2v) is 5.81. The van der Waals surface area contributed by atoms with Gasteiger partial charge in [0.25, 0.3) is 0 Å². The normalized spacial score (nSPS) is 16.7. The molecule has 1 aliphatic rings. The highest BCUT2D eigenvalue weighted by atomic mass is 16.5. The summed E-state index contributed by atoms with van der Waals surface area (Å²) in [5.74, 6) is 0.753. The fourth-order valence-corrected chi connectivity index (χ4v) is 2.65. The van der Waals surface area contributed by atoms with E-state index in [4.69, 9.17) is 4.74 Å². The highest BCUT2D eigenvalue weighted by Gasteiger charge is 2.27. The third-order valence-corrected chi connectivity index (χ3v) is 3.69. The first-order valence-electron chi connectivity index (χ1n) is 7.45. The summed E-state index contributed by atoms with van der Waals surface area (Å²) < 4.78 is 5.81. The number of benzene rings is 2. The number of amides is 2. The molecule has 4 heteroatoms. The van der Waals surface area contributed by atoms with Gasteiger partial charge in [-0.1, -0.05) is 18.2 Å². The molecule has 2 aromatic rings. The summed E-state index contributed by atoms with van der Waals surface area (Å²) >= 11 is 0. The Bertz CT molecular complexity index is 712. The predicted molar refractivity (Wildman–Crippen MR) is 88.8 cm³/mol. The van der Waals surface area contributed by atoms with E-state index < -0.39 is 0 Å². The van der Waals surface area contributed by atoms with Gasteiger partial charge in [-0.25, -0.2) is 4.79 Å². The van der Waals surface area contributed by atoms with E-state index in [0.29, 0.717) is 6.54 Å². The number of nitrogens with zero attached hydrogens (tertiary/aromatic N) is 1. The third kappa shape index (κ3) is 2.91. The fourth-order valence-electron chi connectivity index (χ4n) is 2.65. The van der Waals surface area contributed by atoms with Crippen LogP contribution < -0.4 is 15.0 Å². The first kappa shape index (κ1) is 14.4. The number of anilines is 2. The van der Waals surface area contributed by atoms with Gasteiger partial charge in [-0.2, -0.15) is 0 Å². The number of urea groups is 1. The van der Waals surface area contributed by atoms with E-state index in [-0.39, 0.29) is 12.1 Å². The van der Waals surface area contributed by atoms with Crippen molar-refractivity contribution in [3.05, 3.63) is 53.6 Å². The predicted octanol–water partition coefficient (Wildman–Crippen LogP) is 4.12. The Morgan fingerprint density at radius 3 is 2.73 bits per heavy atom. The smallest absolute Gasteiger partial charge is 0.326 e. The SMILES string of the molecule is Cc1cccc(NC(=O)N2CC(C)Oc3ccc(C)cc32)c1. The van der Waals surface area contributed by atoms with Crippen LogP contribution in [0, 0.1) is 13.8 Å². The number of fused-ring (bicyclic) bond motifs is 1. The number of ether oxygens (including phenoxy) is 1. The molecule has 0 spiro atoms. The Labute approximate surface area is 130 Å².